The van der Waals surface area contributed by atoms with E-state index in [9.17, 15) is 0 Å². The van der Waals surface area contributed by atoms with E-state index in [0.717, 1.165) is 0 Å². The van der Waals surface area contributed by atoms with Crippen LogP contribution in [0.15, 0.2) is 21.5 Å². The van der Waals surface area contributed by atoms with Gasteiger partial charge in [0.05, 0.1) is 0 Å². The average Bonchev–Trinajstić information content (AvgIpc) is 2.39. The van der Waals surface area contributed by atoms with Crippen LogP contribution in [0, 0.1) is 0 Å². The van der Waals surface area contributed by atoms with E-state index in [1.54, 1.807) is 3.28 Å². The Morgan fingerprint density at radius 1 is 1.60 bits per heavy atom. The summed E-state index contributed by atoms with van der Waals surface area (Å²) < 4.78 is 4.09. The van der Waals surface area contributed by atoms with Gasteiger partial charge in [-0.25, -0.2) is 0 Å². The molecule has 0 spiro atoms. The molecule has 0 fully saturated rings. The van der Waals surface area contributed by atoms with Gasteiger partial charge < -0.3 is 0 Å². The molecule has 0 amide bonds. The third-order valence-corrected chi connectivity index (χ3v) is 3.58. The molecule has 10 heavy (non-hydrogen) atoms. The van der Waals surface area contributed by atoms with Crippen LogP contribution in [0.25, 0.3) is 0 Å². The first-order chi connectivity index (χ1) is 4.85. The molecule has 0 saturated carbocycles. The maximum atomic E-state index is 2.39. The fourth-order valence-corrected chi connectivity index (χ4v) is 2.07. The number of allylic oxidation sites excluding steroid dienone is 4. The molecule has 0 aromatic heterocycles. The molecule has 58 valence electrons. The summed E-state index contributed by atoms with van der Waals surface area (Å²) in [6, 6.07) is 0. The van der Waals surface area contributed by atoms with Crippen LogP contribution in [0.2, 0.25) is 4.63 Å². The van der Waals surface area contributed by atoms with E-state index in [4.69, 9.17) is 0 Å². The van der Waals surface area contributed by atoms with E-state index in [0.29, 0.717) is 13.3 Å². The standard InChI is InChI=1S/C5H5.CH3.I3.Zr/c1-2-4-5-3-1;;1-3-2;/h1-3H,4H2;1H3;;/q;;-1;. The molecule has 0 aromatic carbocycles. The van der Waals surface area contributed by atoms with Gasteiger partial charge in [0, 0.05) is 0 Å². The number of hydrogen-bond donors (Lipinski definition) is 0. The van der Waals surface area contributed by atoms with Crippen molar-refractivity contribution in [1.29, 1.82) is 0 Å². The zero-order valence-corrected chi connectivity index (χ0v) is 14.5. The zero-order chi connectivity index (χ0) is 7.82. The fraction of sp³-hybridized carbons (Fsp3) is 0.333. The Hall–Kier alpha value is 2.55. The summed E-state index contributed by atoms with van der Waals surface area (Å²) in [4.78, 5) is 0. The van der Waals surface area contributed by atoms with Crippen LogP contribution in [0.1, 0.15) is 6.42 Å². The molecule has 0 saturated heterocycles. The minimum absolute atomic E-state index is 0.0408. The molecule has 1 rings (SSSR count). The maximum absolute atomic E-state index is 2.39. The van der Waals surface area contributed by atoms with Crippen molar-refractivity contribution in [3.8, 4) is 0 Å². The van der Waals surface area contributed by atoms with Crippen LogP contribution >= 0.6 is 37.2 Å². The molecule has 0 radical (unpaired) electrons. The normalized spacial score (nSPS) is 14.1. The molecule has 0 bridgehead atoms. The molecular formula is C6H8I3Zr-. The fourth-order valence-electron chi connectivity index (χ4n) is 0.633. The van der Waals surface area contributed by atoms with Gasteiger partial charge in [-0.1, -0.05) is 0 Å². The Kier molecular flexibility index (Phi) is 12.1. The first-order valence-corrected chi connectivity index (χ1v) is 19.0. The summed E-state index contributed by atoms with van der Waals surface area (Å²) in [5.74, 6) is 0. The quantitative estimate of drug-likeness (QED) is 0.422. The first kappa shape index (κ1) is 12.6. The minimum atomic E-state index is -0.0408. The predicted octanol–water partition coefficient (Wildman–Crippen LogP) is 0.736. The summed E-state index contributed by atoms with van der Waals surface area (Å²) in [5, 5.41) is 0. The van der Waals surface area contributed by atoms with Gasteiger partial charge in [-0.2, -0.15) is 0 Å². The van der Waals surface area contributed by atoms with Crippen LogP contribution in [-0.2, 0) is 23.2 Å². The first-order valence-electron chi connectivity index (χ1n) is 2.75. The molecule has 0 N–H and O–H groups in total. The van der Waals surface area contributed by atoms with Crippen molar-refractivity contribution in [2.45, 2.75) is 11.1 Å². The Balaban J connectivity index is 0.000000236. The summed E-state index contributed by atoms with van der Waals surface area (Å²) in [7, 11) is 0. The van der Waals surface area contributed by atoms with Gasteiger partial charge >= 0.3 is 106 Å². The topological polar surface area (TPSA) is 0 Å². The molecule has 0 nitrogen and oxygen atoms in total. The molecular weight excluding hydrogens is 544 g/mol. The molecule has 0 aliphatic heterocycles. The second-order valence-electron chi connectivity index (χ2n) is 1.63. The van der Waals surface area contributed by atoms with Crippen molar-refractivity contribution < 1.29 is 36.5 Å². The van der Waals surface area contributed by atoms with Crippen LogP contribution in [-0.4, -0.2) is 0 Å². The molecule has 0 aromatic rings. The number of hydrogen-bond acceptors (Lipinski definition) is 0. The number of halogens is 3. The van der Waals surface area contributed by atoms with E-state index < -0.39 is 0 Å². The third-order valence-electron chi connectivity index (χ3n) is 1.09. The van der Waals surface area contributed by atoms with Gasteiger partial charge in [-0.3, -0.25) is 0 Å². The second-order valence-corrected chi connectivity index (χ2v) is 20.7. The van der Waals surface area contributed by atoms with Crippen molar-refractivity contribution >= 4 is 37.2 Å². The van der Waals surface area contributed by atoms with E-state index in [1.807, 2.05) is 0 Å². The van der Waals surface area contributed by atoms with E-state index >= 15 is 0 Å². The van der Waals surface area contributed by atoms with Gasteiger partial charge in [-0.05, 0) is 0 Å². The zero-order valence-electron chi connectivity index (χ0n) is 5.57. The van der Waals surface area contributed by atoms with Crippen molar-refractivity contribution in [3.63, 3.8) is 0 Å². The summed E-state index contributed by atoms with van der Waals surface area (Å²) in [5.41, 5.74) is 0. The van der Waals surface area contributed by atoms with Crippen LogP contribution in [0.5, 0.6) is 0 Å². The Labute approximate surface area is 104 Å². The van der Waals surface area contributed by atoms with Gasteiger partial charge in [0.1, 0.15) is 0 Å². The van der Waals surface area contributed by atoms with Crippen molar-refractivity contribution in [2.75, 3.05) is 0 Å². The van der Waals surface area contributed by atoms with E-state index in [1.165, 1.54) is 6.42 Å². The molecule has 0 heterocycles. The Bertz CT molecular complexity index is 131. The Morgan fingerprint density at radius 3 is 2.40 bits per heavy atom. The van der Waals surface area contributed by atoms with Crippen molar-refractivity contribution in [2.24, 2.45) is 0 Å². The van der Waals surface area contributed by atoms with Crippen LogP contribution in [0.3, 0.4) is 0 Å². The summed E-state index contributed by atoms with van der Waals surface area (Å²) in [6.45, 7) is 0. The Morgan fingerprint density at radius 2 is 2.20 bits per heavy atom. The van der Waals surface area contributed by atoms with Crippen molar-refractivity contribution in [3.05, 3.63) is 21.5 Å². The molecule has 4 heteroatoms. The van der Waals surface area contributed by atoms with E-state index in [2.05, 4.69) is 60.1 Å². The summed E-state index contributed by atoms with van der Waals surface area (Å²) >= 11 is 5.26. The predicted molar refractivity (Wildman–Crippen MR) is 55.7 cm³/mol. The van der Waals surface area contributed by atoms with Crippen LogP contribution < -0.4 is 13.3 Å². The molecule has 1 aliphatic carbocycles. The third kappa shape index (κ3) is 7.22. The second kappa shape index (κ2) is 9.64. The van der Waals surface area contributed by atoms with Gasteiger partial charge in [0.25, 0.3) is 0 Å². The summed E-state index contributed by atoms with van der Waals surface area (Å²) in [6.07, 6.45) is 7.94. The average molecular weight is 552 g/mol. The van der Waals surface area contributed by atoms with Crippen molar-refractivity contribution in [1.82, 2.24) is 0 Å². The van der Waals surface area contributed by atoms with E-state index in [-0.39, 0.29) is 23.2 Å². The molecule has 0 unspecified atom stereocenters. The van der Waals surface area contributed by atoms with Gasteiger partial charge in [-0.15, -0.1) is 0 Å². The van der Waals surface area contributed by atoms with Crippen LogP contribution in [0.4, 0.5) is 0 Å². The van der Waals surface area contributed by atoms with Gasteiger partial charge in [0.15, 0.2) is 0 Å². The monoisotopic (exact) mass is 551 g/mol. The van der Waals surface area contributed by atoms with Gasteiger partial charge in [0.2, 0.25) is 0 Å². The molecule has 1 aliphatic rings. The SMILES string of the molecule is I[I-]I.[CH3][Zr][C]1=CC=CC1. The molecule has 0 atom stereocenters. The number of rotatable bonds is 1.